The molecule has 2 aliphatic heterocycles. The first-order valence-corrected chi connectivity index (χ1v) is 13.0. The summed E-state index contributed by atoms with van der Waals surface area (Å²) in [5.74, 6) is -1.18. The van der Waals surface area contributed by atoms with E-state index in [1.54, 1.807) is 5.38 Å². The molecule has 1 saturated heterocycles. The second-order valence-electron chi connectivity index (χ2n) is 7.60. The van der Waals surface area contributed by atoms with E-state index in [0.29, 0.717) is 17.9 Å². The number of anilines is 1. The largest absolute Gasteiger partial charge is 0.460 e. The number of methoxy groups -OCH3 is 1. The molecule has 1 fully saturated rings. The zero-order valence-electron chi connectivity index (χ0n) is 20.5. The van der Waals surface area contributed by atoms with Crippen LogP contribution in [0, 0.1) is 0 Å². The fourth-order valence-corrected chi connectivity index (χ4v) is 5.61. The molecule has 0 aliphatic carbocycles. The summed E-state index contributed by atoms with van der Waals surface area (Å²) in [6.07, 6.45) is 0. The number of rotatable bonds is 12. The molecule has 0 unspecified atom stereocenters. The minimum Gasteiger partial charge on any atom is -0.460 e. The molecule has 1 aromatic rings. The highest BCUT2D eigenvalue weighted by molar-refractivity contribution is 8.00. The Hall–Kier alpha value is -2.39. The van der Waals surface area contributed by atoms with Crippen LogP contribution >= 0.6 is 35.5 Å². The van der Waals surface area contributed by atoms with Gasteiger partial charge in [0.25, 0.3) is 11.8 Å². The van der Waals surface area contributed by atoms with Gasteiger partial charge in [-0.05, 0) is 18.7 Å². The maximum absolute atomic E-state index is 13.1. The van der Waals surface area contributed by atoms with E-state index >= 15 is 0 Å². The van der Waals surface area contributed by atoms with E-state index in [1.165, 1.54) is 30.9 Å². The van der Waals surface area contributed by atoms with E-state index in [9.17, 15) is 14.4 Å². The van der Waals surface area contributed by atoms with Crippen molar-refractivity contribution in [1.29, 1.82) is 0 Å². The first kappa shape index (κ1) is 29.8. The van der Waals surface area contributed by atoms with E-state index in [0.717, 1.165) is 24.4 Å². The smallest absolute Gasteiger partial charge is 0.355 e. The molecule has 200 valence electrons. The van der Waals surface area contributed by atoms with E-state index < -0.39 is 29.2 Å². The Labute approximate surface area is 224 Å². The molecule has 2 atom stereocenters. The number of carbonyl (C=O) groups is 3. The van der Waals surface area contributed by atoms with Gasteiger partial charge < -0.3 is 30.3 Å². The highest BCUT2D eigenvalue weighted by Crippen LogP contribution is 2.40. The Kier molecular flexibility index (Phi) is 11.4. The lowest BCUT2D eigenvalue weighted by atomic mass is 10.0. The number of oxime groups is 1. The summed E-state index contributed by atoms with van der Waals surface area (Å²) in [7, 11) is 2.83. The van der Waals surface area contributed by atoms with Gasteiger partial charge in [-0.1, -0.05) is 19.0 Å². The minimum absolute atomic E-state index is 0. The lowest BCUT2D eigenvalue weighted by Crippen LogP contribution is -2.71. The normalized spacial score (nSPS) is 19.4. The maximum atomic E-state index is 13.1. The number of hydrogen-bond donors (Lipinski definition) is 2. The summed E-state index contributed by atoms with van der Waals surface area (Å²) >= 11 is 2.58. The van der Waals surface area contributed by atoms with Gasteiger partial charge in [0.15, 0.2) is 10.8 Å². The van der Waals surface area contributed by atoms with Gasteiger partial charge in [-0.15, -0.1) is 35.5 Å². The monoisotopic (exact) mass is 562 g/mol. The third-order valence-electron chi connectivity index (χ3n) is 5.54. The number of thioether (sulfide) groups is 1. The number of fused-ring (bicyclic) bond motifs is 1. The molecule has 0 spiro atoms. The summed E-state index contributed by atoms with van der Waals surface area (Å²) in [6, 6.07) is -0.854. The quantitative estimate of drug-likeness (QED) is 0.161. The molecular formula is C21H31ClN6O6S2. The summed E-state index contributed by atoms with van der Waals surface area (Å²) in [5, 5.41) is 7.80. The van der Waals surface area contributed by atoms with Crippen LogP contribution < -0.4 is 11.1 Å². The van der Waals surface area contributed by atoms with Crippen LogP contribution in [0.1, 0.15) is 19.5 Å². The van der Waals surface area contributed by atoms with Gasteiger partial charge in [0.2, 0.25) is 0 Å². The lowest BCUT2D eigenvalue weighted by molar-refractivity contribution is -0.152. The Morgan fingerprint density at radius 3 is 2.64 bits per heavy atom. The molecule has 3 heterocycles. The fourth-order valence-electron chi connectivity index (χ4n) is 3.73. The number of halogens is 1. The van der Waals surface area contributed by atoms with Crippen LogP contribution in [0.4, 0.5) is 5.13 Å². The van der Waals surface area contributed by atoms with Gasteiger partial charge in [-0.25, -0.2) is 9.78 Å². The minimum atomic E-state index is -0.854. The van der Waals surface area contributed by atoms with E-state index in [-0.39, 0.29) is 47.9 Å². The maximum Gasteiger partial charge on any atom is 0.355 e. The Morgan fingerprint density at radius 2 is 2.06 bits per heavy atom. The predicted octanol–water partition coefficient (Wildman–Crippen LogP) is 0.683. The predicted molar refractivity (Wildman–Crippen MR) is 140 cm³/mol. The number of amides is 2. The van der Waals surface area contributed by atoms with Crippen LogP contribution in [-0.2, 0) is 28.7 Å². The fraction of sp³-hybridized carbons (Fsp3) is 0.571. The number of nitrogens with one attached hydrogen (secondary N) is 1. The molecule has 0 aromatic carbocycles. The second kappa shape index (κ2) is 13.8. The summed E-state index contributed by atoms with van der Waals surface area (Å²) < 4.78 is 10.7. The van der Waals surface area contributed by atoms with Crippen molar-refractivity contribution in [2.75, 3.05) is 58.6 Å². The van der Waals surface area contributed by atoms with Crippen molar-refractivity contribution in [1.82, 2.24) is 20.1 Å². The highest BCUT2D eigenvalue weighted by atomic mass is 35.5. The van der Waals surface area contributed by atoms with Gasteiger partial charge in [0, 0.05) is 24.8 Å². The Morgan fingerprint density at radius 1 is 1.33 bits per heavy atom. The van der Waals surface area contributed by atoms with Crippen molar-refractivity contribution < 1.29 is 28.7 Å². The molecule has 36 heavy (non-hydrogen) atoms. The molecule has 3 rings (SSSR count). The molecule has 0 saturated carbocycles. The summed E-state index contributed by atoms with van der Waals surface area (Å²) in [5.41, 5.74) is 6.66. The number of thiazole rings is 1. The number of ether oxygens (including phenoxy) is 2. The SMILES string of the molecule is CCN(CC)CCOC(=O)C1=C(COC)CS[C@@H]2[C@H](NC(=O)/C(=N\OC)c3csc(N)n3)C(=O)N12.Cl. The number of carbonyl (C=O) groups excluding carboxylic acids is 3. The topological polar surface area (TPSA) is 149 Å². The van der Waals surface area contributed by atoms with Crippen molar-refractivity contribution in [3.05, 3.63) is 22.3 Å². The molecule has 2 aliphatic rings. The van der Waals surface area contributed by atoms with Crippen molar-refractivity contribution in [3.8, 4) is 0 Å². The third kappa shape index (κ3) is 6.48. The van der Waals surface area contributed by atoms with Gasteiger partial charge >= 0.3 is 5.97 Å². The zero-order valence-corrected chi connectivity index (χ0v) is 23.0. The number of likely N-dealkylation sites (N-methyl/N-ethyl adjacent to an activating group) is 1. The molecule has 2 amide bonds. The van der Waals surface area contributed by atoms with E-state index in [4.69, 9.17) is 20.0 Å². The number of β-lactam (4-membered cyclic amide) rings is 1. The molecule has 3 N–H and O–H groups in total. The van der Waals surface area contributed by atoms with Gasteiger partial charge in [-0.3, -0.25) is 14.5 Å². The van der Waals surface area contributed by atoms with E-state index in [2.05, 4.69) is 20.4 Å². The molecule has 0 radical (unpaired) electrons. The van der Waals surface area contributed by atoms with Crippen LogP contribution in [0.3, 0.4) is 0 Å². The Balaban J connectivity index is 0.00000456. The van der Waals surface area contributed by atoms with Crippen LogP contribution in [-0.4, -0.2) is 103 Å². The number of esters is 1. The number of aromatic nitrogens is 1. The molecule has 0 bridgehead atoms. The zero-order chi connectivity index (χ0) is 25.5. The van der Waals surface area contributed by atoms with Gasteiger partial charge in [-0.2, -0.15) is 0 Å². The third-order valence-corrected chi connectivity index (χ3v) is 7.56. The van der Waals surface area contributed by atoms with Gasteiger partial charge in [0.1, 0.15) is 36.5 Å². The molecule has 12 nitrogen and oxygen atoms in total. The van der Waals surface area contributed by atoms with Crippen molar-refractivity contribution >= 4 is 64.1 Å². The Bertz CT molecular complexity index is 1010. The first-order chi connectivity index (χ1) is 16.9. The van der Waals surface area contributed by atoms with Crippen LogP contribution in [0.5, 0.6) is 0 Å². The van der Waals surface area contributed by atoms with Crippen LogP contribution in [0.15, 0.2) is 21.8 Å². The highest BCUT2D eigenvalue weighted by Gasteiger charge is 2.54. The average Bonchev–Trinajstić information content (AvgIpc) is 3.28. The van der Waals surface area contributed by atoms with Crippen LogP contribution in [0.25, 0.3) is 0 Å². The lowest BCUT2D eigenvalue weighted by Gasteiger charge is -2.49. The van der Waals surface area contributed by atoms with E-state index in [1.807, 2.05) is 13.8 Å². The van der Waals surface area contributed by atoms with Crippen molar-refractivity contribution in [2.45, 2.75) is 25.3 Å². The summed E-state index contributed by atoms with van der Waals surface area (Å²) in [4.78, 5) is 51.3. The standard InChI is InChI=1S/C21H30N6O6S2.ClH/c1-5-26(6-2)7-8-33-20(30)16-12(9-31-3)10-34-19-15(18(29)27(16)19)24-17(28)14(25-32-4)13-11-35-21(22)23-13;/h11,15,19H,5-10H2,1-4H3,(H2,22,23)(H,24,28);1H/b25-14-;/t15-,19-;/m1./s1. The molecule has 1 aromatic heterocycles. The van der Waals surface area contributed by atoms with Crippen molar-refractivity contribution in [3.63, 3.8) is 0 Å². The summed E-state index contributed by atoms with van der Waals surface area (Å²) in [6.45, 7) is 6.75. The van der Waals surface area contributed by atoms with Crippen molar-refractivity contribution in [2.24, 2.45) is 5.16 Å². The number of nitrogens with zero attached hydrogens (tertiary/aromatic N) is 4. The first-order valence-electron chi connectivity index (χ1n) is 11.0. The average molecular weight is 563 g/mol. The molecular weight excluding hydrogens is 532 g/mol. The number of nitrogens with two attached hydrogens (primary N) is 1. The van der Waals surface area contributed by atoms with Crippen LogP contribution in [0.2, 0.25) is 0 Å². The number of hydrogen-bond acceptors (Lipinski definition) is 12. The number of nitrogen functional groups attached to an aromatic ring is 1. The molecule has 15 heteroatoms. The second-order valence-corrected chi connectivity index (χ2v) is 9.60. The van der Waals surface area contributed by atoms with Gasteiger partial charge in [0.05, 0.1) is 6.61 Å².